The van der Waals surface area contributed by atoms with Crippen molar-refractivity contribution in [2.24, 2.45) is 0 Å². The first-order valence-electron chi connectivity index (χ1n) is 9.45. The van der Waals surface area contributed by atoms with Crippen molar-refractivity contribution in [3.05, 3.63) is 92.4 Å². The van der Waals surface area contributed by atoms with Crippen LogP contribution in [0, 0.1) is 0 Å². The molecule has 0 saturated carbocycles. The Morgan fingerprint density at radius 2 is 1.83 bits per heavy atom. The summed E-state index contributed by atoms with van der Waals surface area (Å²) in [5.41, 5.74) is 1.66. The number of methoxy groups -OCH3 is 1. The summed E-state index contributed by atoms with van der Waals surface area (Å²) in [5.74, 6) is -0.0319. The summed E-state index contributed by atoms with van der Waals surface area (Å²) in [6, 6.07) is 15.7. The van der Waals surface area contributed by atoms with Gasteiger partial charge in [0.05, 0.1) is 17.8 Å². The topological polar surface area (TPSA) is 88.3 Å². The van der Waals surface area contributed by atoms with Crippen LogP contribution in [0.1, 0.15) is 44.3 Å². The summed E-state index contributed by atoms with van der Waals surface area (Å²) in [4.78, 5) is 40.7. The average Bonchev–Trinajstić information content (AvgIpc) is 2.74. The van der Waals surface area contributed by atoms with E-state index in [9.17, 15) is 14.4 Å². The lowest BCUT2D eigenvalue weighted by molar-refractivity contribution is 0.0963. The average molecular weight is 423 g/mol. The van der Waals surface area contributed by atoms with Crippen LogP contribution in [0.3, 0.4) is 0 Å². The molecule has 1 unspecified atom stereocenters. The molecule has 1 aliphatic carbocycles. The summed E-state index contributed by atoms with van der Waals surface area (Å²) >= 11 is 6.06. The van der Waals surface area contributed by atoms with Crippen LogP contribution in [-0.4, -0.2) is 23.8 Å². The Balaban J connectivity index is 1.61. The molecule has 1 aromatic heterocycles. The van der Waals surface area contributed by atoms with Crippen molar-refractivity contribution in [1.29, 1.82) is 0 Å². The molecule has 3 aromatic rings. The van der Waals surface area contributed by atoms with E-state index in [2.05, 4.69) is 10.3 Å². The highest BCUT2D eigenvalue weighted by Crippen LogP contribution is 2.32. The quantitative estimate of drug-likeness (QED) is 0.659. The zero-order chi connectivity index (χ0) is 21.3. The van der Waals surface area contributed by atoms with Crippen molar-refractivity contribution < 1.29 is 14.3 Å². The number of hydrogen-bond acceptors (Lipinski definition) is 4. The molecule has 0 fully saturated rings. The fourth-order valence-corrected chi connectivity index (χ4v) is 3.85. The van der Waals surface area contributed by atoms with Crippen LogP contribution < -0.4 is 15.6 Å². The Hall–Kier alpha value is -3.38. The molecule has 2 N–H and O–H groups in total. The summed E-state index contributed by atoms with van der Waals surface area (Å²) in [5, 5.41) is 2.98. The largest absolute Gasteiger partial charge is 0.497 e. The molecule has 1 aliphatic rings. The van der Waals surface area contributed by atoms with Gasteiger partial charge in [0.2, 0.25) is 0 Å². The zero-order valence-electron chi connectivity index (χ0n) is 16.2. The number of carbonyl (C=O) groups is 2. The van der Waals surface area contributed by atoms with Crippen LogP contribution in [0.5, 0.6) is 5.75 Å². The van der Waals surface area contributed by atoms with E-state index in [1.54, 1.807) is 31.4 Å². The van der Waals surface area contributed by atoms with Crippen molar-refractivity contribution in [3.63, 3.8) is 0 Å². The number of benzene rings is 2. The number of halogens is 1. The molecule has 1 amide bonds. The molecule has 6 nitrogen and oxygen atoms in total. The normalized spacial score (nSPS) is 15.4. The number of ether oxygens (including phenoxy) is 1. The summed E-state index contributed by atoms with van der Waals surface area (Å²) in [6.45, 7) is 0. The highest BCUT2D eigenvalue weighted by Gasteiger charge is 2.29. The number of nitrogens with one attached hydrogen (secondary N) is 2. The van der Waals surface area contributed by atoms with E-state index in [1.807, 2.05) is 24.3 Å². The van der Waals surface area contributed by atoms with Crippen LogP contribution in [0.2, 0.25) is 5.02 Å². The second kappa shape index (κ2) is 8.16. The third kappa shape index (κ3) is 3.86. The van der Waals surface area contributed by atoms with Crippen molar-refractivity contribution in [1.82, 2.24) is 4.98 Å². The molecule has 0 aliphatic heterocycles. The number of Topliss-reactive ketones (excluding diaryl/α,β-unsaturated/α-hetero) is 1. The Bertz CT molecular complexity index is 1180. The smallest absolute Gasteiger partial charge is 0.261 e. The zero-order valence-corrected chi connectivity index (χ0v) is 17.0. The van der Waals surface area contributed by atoms with Gasteiger partial charge in [0, 0.05) is 17.7 Å². The molecule has 0 spiro atoms. The van der Waals surface area contributed by atoms with Crippen LogP contribution in [0.15, 0.2) is 59.4 Å². The molecule has 0 radical (unpaired) electrons. The van der Waals surface area contributed by atoms with Gasteiger partial charge in [-0.15, -0.1) is 0 Å². The van der Waals surface area contributed by atoms with Crippen molar-refractivity contribution in [3.8, 4) is 5.75 Å². The van der Waals surface area contributed by atoms with Crippen molar-refractivity contribution >= 4 is 29.0 Å². The van der Waals surface area contributed by atoms with Gasteiger partial charge >= 0.3 is 0 Å². The number of aromatic nitrogens is 1. The van der Waals surface area contributed by atoms with Gasteiger partial charge in [0.25, 0.3) is 11.5 Å². The number of para-hydroxylation sites is 1. The molecule has 2 aromatic carbocycles. The van der Waals surface area contributed by atoms with E-state index in [1.165, 1.54) is 6.07 Å². The number of carbonyl (C=O) groups excluding carboxylic acids is 2. The summed E-state index contributed by atoms with van der Waals surface area (Å²) < 4.78 is 5.17. The van der Waals surface area contributed by atoms with E-state index < -0.39 is 11.5 Å². The van der Waals surface area contributed by atoms with Gasteiger partial charge in [-0.1, -0.05) is 35.9 Å². The standard InChI is InChI=1S/C23H19ClN2O4/c1-30-15-8-6-13(7-9-15)14-10-20-16(21(27)11-14)12-17(23(29)26-20)22(28)25-19-5-3-2-4-18(19)24/h2-9,12,14H,10-11H2,1H3,(H,25,28)(H,26,29). The lowest BCUT2D eigenvalue weighted by atomic mass is 9.81. The van der Waals surface area contributed by atoms with Gasteiger partial charge in [-0.25, -0.2) is 0 Å². The Morgan fingerprint density at radius 1 is 1.10 bits per heavy atom. The molecule has 1 atom stereocenters. The minimum absolute atomic E-state index is 0.0469. The Kier molecular flexibility index (Phi) is 5.42. The van der Waals surface area contributed by atoms with Crippen LogP contribution in [-0.2, 0) is 6.42 Å². The van der Waals surface area contributed by atoms with Gasteiger partial charge in [0.1, 0.15) is 11.3 Å². The molecule has 1 heterocycles. The molecular formula is C23H19ClN2O4. The number of pyridine rings is 1. The molecule has 30 heavy (non-hydrogen) atoms. The van der Waals surface area contributed by atoms with E-state index in [4.69, 9.17) is 16.3 Å². The van der Waals surface area contributed by atoms with E-state index in [-0.39, 0.29) is 17.3 Å². The van der Waals surface area contributed by atoms with E-state index in [0.29, 0.717) is 34.8 Å². The fraction of sp³-hybridized carbons (Fsp3) is 0.174. The molecule has 0 bridgehead atoms. The molecular weight excluding hydrogens is 404 g/mol. The maximum Gasteiger partial charge on any atom is 0.261 e. The first-order valence-corrected chi connectivity index (χ1v) is 9.83. The lowest BCUT2D eigenvalue weighted by Crippen LogP contribution is -2.29. The minimum atomic E-state index is -0.614. The first-order chi connectivity index (χ1) is 14.5. The predicted octanol–water partition coefficient (Wildman–Crippen LogP) is 4.20. The van der Waals surface area contributed by atoms with Crippen molar-refractivity contribution in [2.75, 3.05) is 12.4 Å². The second-order valence-electron chi connectivity index (χ2n) is 7.14. The van der Waals surface area contributed by atoms with Gasteiger partial charge < -0.3 is 15.0 Å². The Labute approximate surface area is 177 Å². The predicted molar refractivity (Wildman–Crippen MR) is 115 cm³/mol. The molecule has 152 valence electrons. The second-order valence-corrected chi connectivity index (χ2v) is 7.55. The van der Waals surface area contributed by atoms with Crippen LogP contribution >= 0.6 is 11.6 Å². The number of H-pyrrole nitrogens is 1. The monoisotopic (exact) mass is 422 g/mol. The highest BCUT2D eigenvalue weighted by molar-refractivity contribution is 6.33. The number of fused-ring (bicyclic) bond motifs is 1. The third-order valence-corrected chi connectivity index (χ3v) is 5.59. The maximum absolute atomic E-state index is 12.8. The van der Waals surface area contributed by atoms with E-state index in [0.717, 1.165) is 11.3 Å². The molecule has 4 rings (SSSR count). The van der Waals surface area contributed by atoms with Gasteiger partial charge in [-0.05, 0) is 48.2 Å². The SMILES string of the molecule is COc1ccc(C2CC(=O)c3cc(C(=O)Nc4ccccc4Cl)c(=O)[nH]c3C2)cc1. The lowest BCUT2D eigenvalue weighted by Gasteiger charge is -2.24. The van der Waals surface area contributed by atoms with Crippen molar-refractivity contribution in [2.45, 2.75) is 18.8 Å². The molecule has 0 saturated heterocycles. The fourth-order valence-electron chi connectivity index (χ4n) is 3.66. The van der Waals surface area contributed by atoms with Gasteiger partial charge in [-0.3, -0.25) is 14.4 Å². The maximum atomic E-state index is 12.8. The number of hydrogen-bond donors (Lipinski definition) is 2. The molecule has 7 heteroatoms. The highest BCUT2D eigenvalue weighted by atomic mass is 35.5. The summed E-state index contributed by atoms with van der Waals surface area (Å²) in [6.07, 6.45) is 0.812. The van der Waals surface area contributed by atoms with Crippen LogP contribution in [0.25, 0.3) is 0 Å². The summed E-state index contributed by atoms with van der Waals surface area (Å²) in [7, 11) is 1.60. The van der Waals surface area contributed by atoms with Gasteiger partial charge in [0.15, 0.2) is 5.78 Å². The number of amides is 1. The third-order valence-electron chi connectivity index (χ3n) is 5.26. The van der Waals surface area contributed by atoms with Crippen LogP contribution in [0.4, 0.5) is 5.69 Å². The Morgan fingerprint density at radius 3 is 2.53 bits per heavy atom. The first kappa shape index (κ1) is 19.9. The van der Waals surface area contributed by atoms with Gasteiger partial charge in [-0.2, -0.15) is 0 Å². The van der Waals surface area contributed by atoms with E-state index >= 15 is 0 Å². The number of aromatic amines is 1. The number of rotatable bonds is 4. The number of anilines is 1. The minimum Gasteiger partial charge on any atom is -0.497 e. The number of ketones is 1.